The normalized spacial score (nSPS) is 11.7. The Hall–Kier alpha value is -0.910. The molecule has 0 aliphatic heterocycles. The summed E-state index contributed by atoms with van der Waals surface area (Å²) in [5.74, 6) is 0.639. The van der Waals surface area contributed by atoms with E-state index in [1.165, 1.54) is 0 Å². The minimum atomic E-state index is -3.46. The second kappa shape index (κ2) is 13.4. The fourth-order valence-corrected chi connectivity index (χ4v) is 2.85. The maximum atomic E-state index is 12.0. The van der Waals surface area contributed by atoms with Crippen LogP contribution in [0.1, 0.15) is 13.3 Å². The number of nitrogens with zero attached hydrogens (tertiary/aromatic N) is 1. The van der Waals surface area contributed by atoms with Crippen molar-refractivity contribution < 1.29 is 13.2 Å². The van der Waals surface area contributed by atoms with E-state index in [4.69, 9.17) is 4.74 Å². The van der Waals surface area contributed by atoms with Gasteiger partial charge in [-0.05, 0) is 25.5 Å². The second-order valence-electron chi connectivity index (χ2n) is 4.69. The lowest BCUT2D eigenvalue weighted by molar-refractivity contribution is 0.145. The van der Waals surface area contributed by atoms with Gasteiger partial charge in [-0.3, -0.25) is 4.99 Å². The summed E-state index contributed by atoms with van der Waals surface area (Å²) in [7, 11) is -1.79. The van der Waals surface area contributed by atoms with E-state index < -0.39 is 10.0 Å². The van der Waals surface area contributed by atoms with Crippen molar-refractivity contribution in [3.05, 3.63) is 30.3 Å². The number of guanidine groups is 1. The maximum absolute atomic E-state index is 12.0. The molecule has 0 unspecified atom stereocenters. The molecule has 0 amide bonds. The van der Waals surface area contributed by atoms with Gasteiger partial charge in [0.15, 0.2) is 5.96 Å². The molecule has 0 saturated carbocycles. The number of sulfonamides is 1. The highest BCUT2D eigenvalue weighted by atomic mass is 127. The summed E-state index contributed by atoms with van der Waals surface area (Å²) in [6, 6.07) is 8.30. The van der Waals surface area contributed by atoms with E-state index in [-0.39, 0.29) is 35.4 Å². The molecule has 0 heterocycles. The molecule has 1 aromatic carbocycles. The zero-order chi connectivity index (χ0) is 17.0. The van der Waals surface area contributed by atoms with E-state index in [0.717, 1.165) is 13.0 Å². The van der Waals surface area contributed by atoms with Crippen molar-refractivity contribution in [3.63, 3.8) is 0 Å². The van der Waals surface area contributed by atoms with Crippen LogP contribution in [0.4, 0.5) is 0 Å². The standard InChI is InChI=1S/C15H26N4O3S.HI/c1-3-22-13-7-10-17-15(16-2)18-11-12-19-23(20,21)14-8-5-4-6-9-14;/h4-6,8-9,19H,3,7,10-13H2,1-2H3,(H2,16,17,18);1H. The van der Waals surface area contributed by atoms with Crippen LogP contribution in [0.3, 0.4) is 0 Å². The third-order valence-corrected chi connectivity index (χ3v) is 4.43. The maximum Gasteiger partial charge on any atom is 0.240 e. The van der Waals surface area contributed by atoms with Gasteiger partial charge in [-0.2, -0.15) is 0 Å². The predicted molar refractivity (Wildman–Crippen MR) is 108 cm³/mol. The summed E-state index contributed by atoms with van der Waals surface area (Å²) in [6.07, 6.45) is 0.884. The quantitative estimate of drug-likeness (QED) is 0.207. The molecule has 0 radical (unpaired) electrons. The van der Waals surface area contributed by atoms with Crippen LogP contribution in [-0.4, -0.2) is 54.3 Å². The smallest absolute Gasteiger partial charge is 0.240 e. The molecule has 3 N–H and O–H groups in total. The monoisotopic (exact) mass is 470 g/mol. The van der Waals surface area contributed by atoms with Crippen LogP contribution in [-0.2, 0) is 14.8 Å². The number of aliphatic imine (C=N–C) groups is 1. The molecule has 0 aromatic heterocycles. The summed E-state index contributed by atoms with van der Waals surface area (Å²) in [6.45, 7) is 4.85. The van der Waals surface area contributed by atoms with Crippen LogP contribution >= 0.6 is 24.0 Å². The molecule has 138 valence electrons. The first-order valence-corrected chi connectivity index (χ1v) is 9.15. The molecule has 0 spiro atoms. The van der Waals surface area contributed by atoms with Crippen LogP contribution < -0.4 is 15.4 Å². The lowest BCUT2D eigenvalue weighted by Crippen LogP contribution is -2.41. The molecule has 1 rings (SSSR count). The van der Waals surface area contributed by atoms with Gasteiger partial charge in [0.1, 0.15) is 0 Å². The summed E-state index contributed by atoms with van der Waals surface area (Å²) in [4.78, 5) is 4.34. The van der Waals surface area contributed by atoms with Crippen molar-refractivity contribution in [3.8, 4) is 0 Å². The van der Waals surface area contributed by atoms with E-state index in [2.05, 4.69) is 20.3 Å². The first kappa shape index (κ1) is 23.1. The summed E-state index contributed by atoms with van der Waals surface area (Å²) >= 11 is 0. The molecule has 0 fully saturated rings. The minimum Gasteiger partial charge on any atom is -0.382 e. The van der Waals surface area contributed by atoms with Crippen LogP contribution in [0.25, 0.3) is 0 Å². The molecule has 0 atom stereocenters. The van der Waals surface area contributed by atoms with Gasteiger partial charge < -0.3 is 15.4 Å². The number of hydrogen-bond donors (Lipinski definition) is 3. The van der Waals surface area contributed by atoms with Gasteiger partial charge in [-0.1, -0.05) is 18.2 Å². The summed E-state index contributed by atoms with van der Waals surface area (Å²) in [5, 5.41) is 6.19. The topological polar surface area (TPSA) is 91.8 Å². The van der Waals surface area contributed by atoms with Gasteiger partial charge >= 0.3 is 0 Å². The van der Waals surface area contributed by atoms with E-state index in [9.17, 15) is 8.42 Å². The van der Waals surface area contributed by atoms with E-state index >= 15 is 0 Å². The molecule has 0 saturated heterocycles. The zero-order valence-electron chi connectivity index (χ0n) is 14.1. The molecule has 7 nitrogen and oxygen atoms in total. The highest BCUT2D eigenvalue weighted by molar-refractivity contribution is 14.0. The molecule has 0 aliphatic carbocycles. The van der Waals surface area contributed by atoms with Crippen molar-refractivity contribution >= 4 is 40.0 Å². The van der Waals surface area contributed by atoms with Crippen LogP contribution in [0.5, 0.6) is 0 Å². The number of hydrogen-bond acceptors (Lipinski definition) is 4. The van der Waals surface area contributed by atoms with E-state index in [1.54, 1.807) is 37.4 Å². The van der Waals surface area contributed by atoms with Gasteiger partial charge in [0.05, 0.1) is 4.90 Å². The van der Waals surface area contributed by atoms with Gasteiger partial charge in [-0.25, -0.2) is 13.1 Å². The predicted octanol–water partition coefficient (Wildman–Crippen LogP) is 1.17. The van der Waals surface area contributed by atoms with Crippen molar-refractivity contribution in [2.45, 2.75) is 18.2 Å². The molecule has 0 bridgehead atoms. The lowest BCUT2D eigenvalue weighted by Gasteiger charge is -2.12. The Bertz CT molecular complexity index is 567. The van der Waals surface area contributed by atoms with Gasteiger partial charge in [-0.15, -0.1) is 24.0 Å². The highest BCUT2D eigenvalue weighted by Gasteiger charge is 2.11. The van der Waals surface area contributed by atoms with Crippen molar-refractivity contribution in [1.29, 1.82) is 0 Å². The molecule has 0 aliphatic rings. The highest BCUT2D eigenvalue weighted by Crippen LogP contribution is 2.06. The minimum absolute atomic E-state index is 0. The lowest BCUT2D eigenvalue weighted by atomic mass is 10.4. The van der Waals surface area contributed by atoms with Crippen LogP contribution in [0.15, 0.2) is 40.2 Å². The molecule has 1 aromatic rings. The SMILES string of the molecule is CCOCCCNC(=NC)NCCNS(=O)(=O)c1ccccc1.I. The Balaban J connectivity index is 0.00000529. The Morgan fingerprint density at radius 3 is 2.42 bits per heavy atom. The molecular weight excluding hydrogens is 443 g/mol. The number of nitrogens with one attached hydrogen (secondary N) is 3. The van der Waals surface area contributed by atoms with Gasteiger partial charge in [0, 0.05) is 39.9 Å². The molecule has 9 heteroatoms. The summed E-state index contributed by atoms with van der Waals surface area (Å²) < 4.78 is 31.8. The van der Waals surface area contributed by atoms with Crippen molar-refractivity contribution in [2.24, 2.45) is 4.99 Å². The van der Waals surface area contributed by atoms with Gasteiger partial charge in [0.25, 0.3) is 0 Å². The first-order chi connectivity index (χ1) is 11.1. The van der Waals surface area contributed by atoms with E-state index in [1.807, 2.05) is 6.92 Å². The Morgan fingerprint density at radius 2 is 1.79 bits per heavy atom. The third-order valence-electron chi connectivity index (χ3n) is 2.95. The average molecular weight is 470 g/mol. The molecular formula is C15H27IN4O3S. The average Bonchev–Trinajstić information content (AvgIpc) is 2.57. The van der Waals surface area contributed by atoms with Crippen molar-refractivity contribution in [2.75, 3.05) is 39.9 Å². The zero-order valence-corrected chi connectivity index (χ0v) is 17.3. The number of ether oxygens (including phenoxy) is 1. The second-order valence-corrected chi connectivity index (χ2v) is 6.45. The summed E-state index contributed by atoms with van der Waals surface area (Å²) in [5.41, 5.74) is 0. The largest absolute Gasteiger partial charge is 0.382 e. The third kappa shape index (κ3) is 9.40. The number of rotatable bonds is 10. The fourth-order valence-electron chi connectivity index (χ4n) is 1.80. The first-order valence-electron chi connectivity index (χ1n) is 7.67. The Kier molecular flexibility index (Phi) is 12.9. The Morgan fingerprint density at radius 1 is 1.12 bits per heavy atom. The van der Waals surface area contributed by atoms with E-state index in [0.29, 0.717) is 25.7 Å². The number of benzene rings is 1. The van der Waals surface area contributed by atoms with Crippen LogP contribution in [0, 0.1) is 0 Å². The van der Waals surface area contributed by atoms with Gasteiger partial charge in [0.2, 0.25) is 10.0 Å². The fraction of sp³-hybridized carbons (Fsp3) is 0.533. The van der Waals surface area contributed by atoms with Crippen LogP contribution in [0.2, 0.25) is 0 Å². The van der Waals surface area contributed by atoms with Crippen molar-refractivity contribution in [1.82, 2.24) is 15.4 Å². The number of halogens is 1. The Labute approximate surface area is 161 Å². The molecule has 24 heavy (non-hydrogen) atoms.